The standard InChI is InChI=1S/C55H98O2/c1-8-10-11-12-13-14-15-16-17-18-19-20-21-22-23-24-25-26-27-28-29-30-31-32-53(56)57-48-39-41-54(6)47(43-48)35-36-49-51-38-37-50(55(51,7)42-40-52(49)54)45(5)33-34-46(9-2)44(3)4/h16-17,35,44-46,48-52H,8-15,18-34,36-43H2,1-7H3/b17-16+. The molecule has 0 saturated heterocycles. The van der Waals surface area contributed by atoms with Gasteiger partial charge in [0, 0.05) is 12.8 Å². The second kappa shape index (κ2) is 26.3. The summed E-state index contributed by atoms with van der Waals surface area (Å²) in [7, 11) is 0. The van der Waals surface area contributed by atoms with Crippen molar-refractivity contribution in [1.29, 1.82) is 0 Å². The monoisotopic (exact) mass is 791 g/mol. The van der Waals surface area contributed by atoms with Gasteiger partial charge in [-0.05, 0) is 136 Å². The first-order valence-electron chi connectivity index (χ1n) is 26.2. The Kier molecular flexibility index (Phi) is 22.4. The summed E-state index contributed by atoms with van der Waals surface area (Å²) in [4.78, 5) is 12.9. The molecule has 2 heteroatoms. The number of ether oxygens (including phenoxy) is 1. The smallest absolute Gasteiger partial charge is 0.306 e. The first-order valence-corrected chi connectivity index (χ1v) is 26.2. The van der Waals surface area contributed by atoms with Gasteiger partial charge < -0.3 is 4.74 Å². The van der Waals surface area contributed by atoms with Crippen molar-refractivity contribution >= 4 is 5.97 Å². The second-order valence-corrected chi connectivity index (χ2v) is 21.5. The Morgan fingerprint density at radius 3 is 1.86 bits per heavy atom. The molecule has 0 aliphatic heterocycles. The van der Waals surface area contributed by atoms with E-state index in [0.717, 1.165) is 60.7 Å². The maximum Gasteiger partial charge on any atom is 0.306 e. The molecular weight excluding hydrogens is 693 g/mol. The minimum absolute atomic E-state index is 0.0658. The largest absolute Gasteiger partial charge is 0.462 e. The zero-order chi connectivity index (χ0) is 40.9. The van der Waals surface area contributed by atoms with Gasteiger partial charge in [-0.25, -0.2) is 0 Å². The molecule has 0 aromatic carbocycles. The van der Waals surface area contributed by atoms with E-state index in [-0.39, 0.29) is 12.1 Å². The molecule has 57 heavy (non-hydrogen) atoms. The van der Waals surface area contributed by atoms with E-state index < -0.39 is 0 Å². The molecule has 0 aromatic heterocycles. The van der Waals surface area contributed by atoms with Gasteiger partial charge in [0.15, 0.2) is 0 Å². The molecule has 0 N–H and O–H groups in total. The summed E-state index contributed by atoms with van der Waals surface area (Å²) < 4.78 is 6.18. The summed E-state index contributed by atoms with van der Waals surface area (Å²) in [6, 6.07) is 0. The summed E-state index contributed by atoms with van der Waals surface area (Å²) in [5.74, 6) is 6.16. The van der Waals surface area contributed by atoms with Crippen molar-refractivity contribution in [1.82, 2.24) is 0 Å². The van der Waals surface area contributed by atoms with Crippen LogP contribution in [0.15, 0.2) is 23.8 Å². The molecule has 4 aliphatic carbocycles. The molecule has 0 bridgehead atoms. The minimum Gasteiger partial charge on any atom is -0.462 e. The molecule has 0 radical (unpaired) electrons. The van der Waals surface area contributed by atoms with E-state index in [2.05, 4.69) is 66.7 Å². The van der Waals surface area contributed by atoms with Crippen molar-refractivity contribution in [3.8, 4) is 0 Å². The summed E-state index contributed by atoms with van der Waals surface area (Å²) in [5, 5.41) is 0. The molecular formula is C55H98O2. The number of carbonyl (C=O) groups is 1. The Labute approximate surface area is 356 Å². The number of hydrogen-bond donors (Lipinski definition) is 0. The lowest BCUT2D eigenvalue weighted by atomic mass is 9.47. The summed E-state index contributed by atoms with van der Waals surface area (Å²) in [6.45, 7) is 17.5. The van der Waals surface area contributed by atoms with E-state index in [1.807, 2.05) is 0 Å². The van der Waals surface area contributed by atoms with Gasteiger partial charge in [-0.2, -0.15) is 0 Å². The molecule has 0 heterocycles. The molecule has 2 nitrogen and oxygen atoms in total. The van der Waals surface area contributed by atoms with Crippen LogP contribution < -0.4 is 0 Å². The zero-order valence-corrected chi connectivity index (χ0v) is 39.5. The third-order valence-corrected chi connectivity index (χ3v) is 17.2. The lowest BCUT2D eigenvalue weighted by molar-refractivity contribution is -0.151. The average Bonchev–Trinajstić information content (AvgIpc) is 3.55. The van der Waals surface area contributed by atoms with Crippen molar-refractivity contribution < 1.29 is 9.53 Å². The topological polar surface area (TPSA) is 26.3 Å². The first-order chi connectivity index (χ1) is 27.6. The number of esters is 1. The molecule has 4 aliphatic rings. The van der Waals surface area contributed by atoms with E-state index in [1.54, 1.807) is 5.57 Å². The number of rotatable bonds is 30. The van der Waals surface area contributed by atoms with Crippen LogP contribution in [0.5, 0.6) is 0 Å². The molecule has 4 rings (SSSR count). The fraction of sp³-hybridized carbons (Fsp3) is 0.909. The molecule has 0 spiro atoms. The maximum atomic E-state index is 12.9. The van der Waals surface area contributed by atoms with Gasteiger partial charge in [-0.15, -0.1) is 0 Å². The summed E-state index contributed by atoms with van der Waals surface area (Å²) >= 11 is 0. The van der Waals surface area contributed by atoms with Crippen LogP contribution in [-0.4, -0.2) is 12.1 Å². The van der Waals surface area contributed by atoms with Crippen LogP contribution >= 0.6 is 0 Å². The summed E-state index contributed by atoms with van der Waals surface area (Å²) in [6.07, 6.45) is 51.2. The fourth-order valence-electron chi connectivity index (χ4n) is 13.4. The Morgan fingerprint density at radius 2 is 1.28 bits per heavy atom. The van der Waals surface area contributed by atoms with Gasteiger partial charge in [-0.3, -0.25) is 4.79 Å². The predicted molar refractivity (Wildman–Crippen MR) is 248 cm³/mol. The van der Waals surface area contributed by atoms with E-state index in [0.29, 0.717) is 17.3 Å². The van der Waals surface area contributed by atoms with Gasteiger partial charge in [0.25, 0.3) is 0 Å². The quantitative estimate of drug-likeness (QED) is 0.0411. The van der Waals surface area contributed by atoms with Crippen molar-refractivity contribution in [2.24, 2.45) is 52.3 Å². The van der Waals surface area contributed by atoms with E-state index in [1.165, 1.54) is 186 Å². The molecule has 330 valence electrons. The highest BCUT2D eigenvalue weighted by Gasteiger charge is 2.59. The highest BCUT2D eigenvalue weighted by Crippen LogP contribution is 2.67. The van der Waals surface area contributed by atoms with Crippen LogP contribution in [0.3, 0.4) is 0 Å². The zero-order valence-electron chi connectivity index (χ0n) is 39.5. The van der Waals surface area contributed by atoms with Gasteiger partial charge >= 0.3 is 5.97 Å². The molecule has 3 fully saturated rings. The van der Waals surface area contributed by atoms with E-state index in [4.69, 9.17) is 4.74 Å². The number of carbonyl (C=O) groups excluding carboxylic acids is 1. The second-order valence-electron chi connectivity index (χ2n) is 21.5. The van der Waals surface area contributed by atoms with Crippen LogP contribution in [0.2, 0.25) is 0 Å². The summed E-state index contributed by atoms with van der Waals surface area (Å²) in [5.41, 5.74) is 2.51. The van der Waals surface area contributed by atoms with Gasteiger partial charge in [-0.1, -0.05) is 188 Å². The number of hydrogen-bond acceptors (Lipinski definition) is 2. The van der Waals surface area contributed by atoms with Crippen LogP contribution in [0, 0.1) is 52.3 Å². The van der Waals surface area contributed by atoms with Gasteiger partial charge in [0.05, 0.1) is 0 Å². The molecule has 0 amide bonds. The Morgan fingerprint density at radius 1 is 0.702 bits per heavy atom. The Bertz CT molecular complexity index is 1150. The molecule has 9 unspecified atom stereocenters. The fourth-order valence-corrected chi connectivity index (χ4v) is 13.4. The van der Waals surface area contributed by atoms with Crippen molar-refractivity contribution in [2.45, 2.75) is 266 Å². The highest BCUT2D eigenvalue weighted by molar-refractivity contribution is 5.69. The normalized spacial score (nSPS) is 29.5. The minimum atomic E-state index is 0.0658. The molecule has 0 aromatic rings. The van der Waals surface area contributed by atoms with Crippen molar-refractivity contribution in [3.63, 3.8) is 0 Å². The lowest BCUT2D eigenvalue weighted by Crippen LogP contribution is -2.51. The van der Waals surface area contributed by atoms with E-state index >= 15 is 0 Å². The number of unbranched alkanes of at least 4 members (excludes halogenated alkanes) is 19. The van der Waals surface area contributed by atoms with Crippen LogP contribution in [0.4, 0.5) is 0 Å². The predicted octanol–water partition coefficient (Wildman–Crippen LogP) is 17.7. The number of allylic oxidation sites excluding steroid dienone is 3. The van der Waals surface area contributed by atoms with Crippen LogP contribution in [0.25, 0.3) is 0 Å². The Hall–Kier alpha value is -1.05. The SMILES string of the molecule is CCCCCCCC/C=C/CCCCCCCCCCCCCCCC(=O)OC1CCC2(C)C(=CCC3C2CCC2(C)C(C(C)CCC(CC)C(C)C)CCC32)C1. The maximum absolute atomic E-state index is 12.9. The lowest BCUT2D eigenvalue weighted by Gasteiger charge is -2.58. The number of fused-ring (bicyclic) bond motifs is 5. The third kappa shape index (κ3) is 15.1. The van der Waals surface area contributed by atoms with Gasteiger partial charge in [0.1, 0.15) is 6.10 Å². The molecule has 9 atom stereocenters. The average molecular weight is 791 g/mol. The van der Waals surface area contributed by atoms with Crippen molar-refractivity contribution in [3.05, 3.63) is 23.8 Å². The highest BCUT2D eigenvalue weighted by atomic mass is 16.5. The van der Waals surface area contributed by atoms with Crippen LogP contribution in [0.1, 0.15) is 260 Å². The van der Waals surface area contributed by atoms with Crippen molar-refractivity contribution in [2.75, 3.05) is 0 Å². The van der Waals surface area contributed by atoms with Crippen LogP contribution in [-0.2, 0) is 9.53 Å². The Balaban J connectivity index is 1.00. The molecule has 3 saturated carbocycles. The third-order valence-electron chi connectivity index (χ3n) is 17.2. The van der Waals surface area contributed by atoms with Gasteiger partial charge in [0.2, 0.25) is 0 Å². The first kappa shape index (κ1) is 48.6. The van der Waals surface area contributed by atoms with E-state index in [9.17, 15) is 4.79 Å².